The Kier molecular flexibility index (Phi) is 3.86. The Hall–Kier alpha value is -1.90. The molecule has 0 amide bonds. The summed E-state index contributed by atoms with van der Waals surface area (Å²) in [5.41, 5.74) is -0.147. The minimum absolute atomic E-state index is 0.0854. The molecule has 4 heterocycles. The molecule has 0 bridgehead atoms. The second-order valence-corrected chi connectivity index (χ2v) is 7.00. The van der Waals surface area contributed by atoms with Crippen molar-refractivity contribution in [3.05, 3.63) is 18.2 Å². The van der Waals surface area contributed by atoms with Crippen LogP contribution in [0.3, 0.4) is 0 Å². The number of aromatic nitrogens is 4. The molecule has 0 N–H and O–H groups in total. The summed E-state index contributed by atoms with van der Waals surface area (Å²) in [5.74, 6) is 0.110. The van der Waals surface area contributed by atoms with Crippen LogP contribution >= 0.6 is 0 Å². The van der Waals surface area contributed by atoms with E-state index in [1.54, 1.807) is 16.8 Å². The highest BCUT2D eigenvalue weighted by atomic mass is 19.4. The van der Waals surface area contributed by atoms with E-state index in [-0.39, 0.29) is 6.42 Å². The van der Waals surface area contributed by atoms with Crippen LogP contribution in [0.1, 0.15) is 25.1 Å². The van der Waals surface area contributed by atoms with Crippen molar-refractivity contribution in [3.8, 4) is 0 Å². The van der Waals surface area contributed by atoms with E-state index < -0.39 is 17.5 Å². The summed E-state index contributed by atoms with van der Waals surface area (Å²) in [6, 6.07) is 1.79. The standard InChI is InChI=1S/C16H20F3N5O/c1-11-21-13(8-14-22-20-10-24(11)14)23-5-2-12(16(17,18)19)15(9-23)3-6-25-7-4-15/h8,10,12H,2-7,9H2,1H3/t12-/m1/s1. The van der Waals surface area contributed by atoms with Gasteiger partial charge in [0.05, 0.1) is 5.92 Å². The zero-order valence-electron chi connectivity index (χ0n) is 14.0. The minimum Gasteiger partial charge on any atom is -0.381 e. The van der Waals surface area contributed by atoms with E-state index in [1.807, 2.05) is 11.8 Å². The largest absolute Gasteiger partial charge is 0.392 e. The molecule has 136 valence electrons. The van der Waals surface area contributed by atoms with Crippen molar-refractivity contribution in [2.24, 2.45) is 11.3 Å². The summed E-state index contributed by atoms with van der Waals surface area (Å²) in [5, 5.41) is 7.90. The van der Waals surface area contributed by atoms with Gasteiger partial charge in [-0.15, -0.1) is 10.2 Å². The Labute approximate surface area is 143 Å². The molecule has 25 heavy (non-hydrogen) atoms. The topological polar surface area (TPSA) is 55.5 Å². The first-order valence-corrected chi connectivity index (χ1v) is 8.46. The molecule has 1 spiro atoms. The smallest absolute Gasteiger partial charge is 0.381 e. The van der Waals surface area contributed by atoms with Crippen LogP contribution in [0.25, 0.3) is 5.65 Å². The SMILES string of the molecule is Cc1nc(N2CC[C@@H](C(F)(F)F)C3(CCOCC3)C2)cc2nncn12. The zero-order valence-corrected chi connectivity index (χ0v) is 14.0. The Morgan fingerprint density at radius 1 is 1.28 bits per heavy atom. The van der Waals surface area contributed by atoms with Gasteiger partial charge in [0.1, 0.15) is 18.0 Å². The van der Waals surface area contributed by atoms with Crippen molar-refractivity contribution in [2.75, 3.05) is 31.2 Å². The van der Waals surface area contributed by atoms with Gasteiger partial charge in [-0.05, 0) is 26.2 Å². The van der Waals surface area contributed by atoms with E-state index in [2.05, 4.69) is 15.2 Å². The van der Waals surface area contributed by atoms with E-state index in [1.165, 1.54) is 0 Å². The molecule has 1 atom stereocenters. The van der Waals surface area contributed by atoms with E-state index in [9.17, 15) is 13.2 Å². The molecule has 4 rings (SSSR count). The number of alkyl halides is 3. The molecular formula is C16H20F3N5O. The lowest BCUT2D eigenvalue weighted by atomic mass is 9.65. The maximum atomic E-state index is 13.6. The number of hydrogen-bond acceptors (Lipinski definition) is 5. The van der Waals surface area contributed by atoms with Crippen LogP contribution in [0.15, 0.2) is 12.4 Å². The summed E-state index contributed by atoms with van der Waals surface area (Å²) in [4.78, 5) is 6.53. The lowest BCUT2D eigenvalue weighted by Gasteiger charge is -2.51. The molecule has 6 nitrogen and oxygen atoms in total. The Bertz CT molecular complexity index is 769. The number of rotatable bonds is 1. The number of anilines is 1. The molecule has 2 aromatic rings. The Balaban J connectivity index is 1.68. The first kappa shape index (κ1) is 16.6. The molecule has 0 saturated carbocycles. The lowest BCUT2D eigenvalue weighted by Crippen LogP contribution is -2.55. The van der Waals surface area contributed by atoms with Crippen LogP contribution in [-0.2, 0) is 4.74 Å². The number of hydrogen-bond donors (Lipinski definition) is 0. The molecule has 2 aliphatic rings. The van der Waals surface area contributed by atoms with Crippen LogP contribution in [0.2, 0.25) is 0 Å². The van der Waals surface area contributed by atoms with Gasteiger partial charge < -0.3 is 9.64 Å². The predicted octanol–water partition coefficient (Wildman–Crippen LogP) is 2.62. The zero-order chi connectivity index (χ0) is 17.7. The van der Waals surface area contributed by atoms with Crippen molar-refractivity contribution in [2.45, 2.75) is 32.4 Å². The first-order valence-electron chi connectivity index (χ1n) is 8.46. The summed E-state index contributed by atoms with van der Waals surface area (Å²) >= 11 is 0. The van der Waals surface area contributed by atoms with Gasteiger partial charge in [0.25, 0.3) is 0 Å². The van der Waals surface area contributed by atoms with Crippen LogP contribution in [0.5, 0.6) is 0 Å². The second-order valence-electron chi connectivity index (χ2n) is 7.00. The summed E-state index contributed by atoms with van der Waals surface area (Å²) in [6.07, 6.45) is -1.65. The van der Waals surface area contributed by atoms with Crippen molar-refractivity contribution in [3.63, 3.8) is 0 Å². The molecule has 0 aliphatic carbocycles. The third-order valence-corrected chi connectivity index (χ3v) is 5.60. The highest BCUT2D eigenvalue weighted by Gasteiger charge is 2.56. The highest BCUT2D eigenvalue weighted by Crippen LogP contribution is 2.51. The molecule has 0 unspecified atom stereocenters. The van der Waals surface area contributed by atoms with Gasteiger partial charge in [-0.1, -0.05) is 0 Å². The predicted molar refractivity (Wildman–Crippen MR) is 84.4 cm³/mol. The monoisotopic (exact) mass is 355 g/mol. The van der Waals surface area contributed by atoms with E-state index >= 15 is 0 Å². The summed E-state index contributed by atoms with van der Waals surface area (Å²) < 4.78 is 48.0. The van der Waals surface area contributed by atoms with E-state index in [4.69, 9.17) is 4.74 Å². The Morgan fingerprint density at radius 2 is 2.04 bits per heavy atom. The molecule has 0 radical (unpaired) electrons. The molecule has 2 aromatic heterocycles. The van der Waals surface area contributed by atoms with Crippen LogP contribution in [-0.4, -0.2) is 52.1 Å². The third-order valence-electron chi connectivity index (χ3n) is 5.60. The number of ether oxygens (including phenoxy) is 1. The van der Waals surface area contributed by atoms with Gasteiger partial charge in [-0.3, -0.25) is 4.40 Å². The molecule has 0 aromatic carbocycles. The van der Waals surface area contributed by atoms with Crippen molar-refractivity contribution < 1.29 is 17.9 Å². The number of piperidine rings is 1. The van der Waals surface area contributed by atoms with Gasteiger partial charge >= 0.3 is 6.18 Å². The average Bonchev–Trinajstić information content (AvgIpc) is 3.03. The quantitative estimate of drug-likeness (QED) is 0.787. The fourth-order valence-corrected chi connectivity index (χ4v) is 4.27. The van der Waals surface area contributed by atoms with Gasteiger partial charge in [-0.2, -0.15) is 13.2 Å². The van der Waals surface area contributed by atoms with Gasteiger partial charge in [0, 0.05) is 37.8 Å². The normalized spacial score (nSPS) is 24.2. The number of nitrogens with zero attached hydrogens (tertiary/aromatic N) is 5. The van der Waals surface area contributed by atoms with Gasteiger partial charge in [0.15, 0.2) is 5.65 Å². The maximum absolute atomic E-state index is 13.6. The third kappa shape index (κ3) is 2.84. The van der Waals surface area contributed by atoms with E-state index in [0.29, 0.717) is 50.6 Å². The van der Waals surface area contributed by atoms with Crippen LogP contribution < -0.4 is 4.90 Å². The molecule has 2 saturated heterocycles. The van der Waals surface area contributed by atoms with Crippen LogP contribution in [0.4, 0.5) is 19.0 Å². The van der Waals surface area contributed by atoms with Crippen molar-refractivity contribution in [1.82, 2.24) is 19.6 Å². The molecular weight excluding hydrogens is 335 g/mol. The van der Waals surface area contributed by atoms with Gasteiger partial charge in [0.2, 0.25) is 0 Å². The molecule has 9 heteroatoms. The molecule has 2 aliphatic heterocycles. The second kappa shape index (κ2) is 5.82. The van der Waals surface area contributed by atoms with Crippen LogP contribution in [0, 0.1) is 18.3 Å². The highest BCUT2D eigenvalue weighted by molar-refractivity contribution is 5.52. The minimum atomic E-state index is -4.18. The van der Waals surface area contributed by atoms with Crippen molar-refractivity contribution in [1.29, 1.82) is 0 Å². The van der Waals surface area contributed by atoms with Gasteiger partial charge in [-0.25, -0.2) is 4.98 Å². The van der Waals surface area contributed by atoms with Crippen molar-refractivity contribution >= 4 is 11.5 Å². The molecule has 2 fully saturated rings. The first-order chi connectivity index (χ1) is 11.9. The van der Waals surface area contributed by atoms with E-state index in [0.717, 1.165) is 5.82 Å². The Morgan fingerprint density at radius 3 is 2.76 bits per heavy atom. The fourth-order valence-electron chi connectivity index (χ4n) is 4.27. The number of aryl methyl sites for hydroxylation is 1. The maximum Gasteiger partial charge on any atom is 0.392 e. The average molecular weight is 355 g/mol. The summed E-state index contributed by atoms with van der Waals surface area (Å²) in [6.45, 7) is 3.29. The lowest BCUT2D eigenvalue weighted by molar-refractivity contribution is -0.223. The summed E-state index contributed by atoms with van der Waals surface area (Å²) in [7, 11) is 0. The number of fused-ring (bicyclic) bond motifs is 1. The fraction of sp³-hybridized carbons (Fsp3) is 0.688. The number of halogens is 3.